The zero-order valence-electron chi connectivity index (χ0n) is 12.1. The van der Waals surface area contributed by atoms with E-state index in [1.807, 2.05) is 25.6 Å². The van der Waals surface area contributed by atoms with Crippen LogP contribution in [0.4, 0.5) is 5.00 Å². The smallest absolute Gasteiger partial charge is 0.278 e. The van der Waals surface area contributed by atoms with Gasteiger partial charge < -0.3 is 0 Å². The highest BCUT2D eigenvalue weighted by molar-refractivity contribution is 7.89. The van der Waals surface area contributed by atoms with E-state index in [-0.39, 0.29) is 11.8 Å². The molecule has 0 bridgehead atoms. The second-order valence-corrected chi connectivity index (χ2v) is 8.56. The molecule has 0 radical (unpaired) electrons. The van der Waals surface area contributed by atoms with E-state index in [1.165, 1.54) is 6.07 Å². The number of nitro groups is 1. The first-order valence-corrected chi connectivity index (χ1v) is 8.28. The average molecular weight is 335 g/mol. The fourth-order valence-corrected chi connectivity index (χ4v) is 3.74. The van der Waals surface area contributed by atoms with Crippen LogP contribution in [0.5, 0.6) is 0 Å². The topological polar surface area (TPSA) is 118 Å². The van der Waals surface area contributed by atoms with Gasteiger partial charge in [-0.2, -0.15) is 0 Å². The molecular formula is C11H17N3O5S2. The number of carbonyl (C=O) groups is 1. The molecule has 0 saturated heterocycles. The van der Waals surface area contributed by atoms with Crippen molar-refractivity contribution >= 4 is 32.3 Å². The van der Waals surface area contributed by atoms with Gasteiger partial charge >= 0.3 is 5.00 Å². The summed E-state index contributed by atoms with van der Waals surface area (Å²) in [6, 6.07) is 1.20. The number of nitrogens with one attached hydrogen (secondary N) is 2. The van der Waals surface area contributed by atoms with Gasteiger partial charge in [0.25, 0.3) is 10.0 Å². The molecule has 0 saturated carbocycles. The fourth-order valence-electron chi connectivity index (χ4n) is 1.50. The highest BCUT2D eigenvalue weighted by Gasteiger charge is 2.29. The second-order valence-electron chi connectivity index (χ2n) is 5.67. The highest BCUT2D eigenvalue weighted by Crippen LogP contribution is 2.32. The molecule has 1 aromatic rings. The number of hydrogen-bond acceptors (Lipinski definition) is 6. The van der Waals surface area contributed by atoms with Crippen molar-refractivity contribution in [2.24, 2.45) is 5.41 Å². The highest BCUT2D eigenvalue weighted by atomic mass is 32.2. The Labute approximate surface area is 126 Å². The monoisotopic (exact) mass is 335 g/mol. The van der Waals surface area contributed by atoms with Crippen molar-refractivity contribution in [2.45, 2.75) is 39.0 Å². The fraction of sp³-hybridized carbons (Fsp3) is 0.545. The lowest BCUT2D eigenvalue weighted by Crippen LogP contribution is -2.42. The van der Waals surface area contributed by atoms with Gasteiger partial charge in [-0.15, -0.1) is 4.83 Å². The Hall–Kier alpha value is -1.52. The van der Waals surface area contributed by atoms with Crippen molar-refractivity contribution in [3.8, 4) is 0 Å². The van der Waals surface area contributed by atoms with E-state index in [0.717, 1.165) is 11.3 Å². The number of nitrogens with zero attached hydrogens (tertiary/aromatic N) is 1. The number of aryl methyl sites for hydroxylation is 1. The van der Waals surface area contributed by atoms with Gasteiger partial charge in [-0.05, 0) is 18.4 Å². The molecule has 10 heteroatoms. The normalized spacial score (nSPS) is 12.2. The predicted octanol–water partition coefficient (Wildman–Crippen LogP) is 1.71. The standard InChI is InChI=1S/C11H17N3O5S2/c1-7-5-8(10(20-7)14(16)17)21(18,19)13-12-9(15)6-11(2,3)4/h5,13H,6H2,1-4H3,(H,12,15). The van der Waals surface area contributed by atoms with Gasteiger partial charge in [0, 0.05) is 11.3 Å². The Kier molecular flexibility index (Phi) is 5.07. The minimum Gasteiger partial charge on any atom is -0.278 e. The molecule has 21 heavy (non-hydrogen) atoms. The number of hydrazine groups is 1. The Morgan fingerprint density at radius 2 is 2.00 bits per heavy atom. The minimum absolute atomic E-state index is 0.111. The molecule has 2 N–H and O–H groups in total. The third-order valence-electron chi connectivity index (χ3n) is 2.27. The molecule has 0 atom stereocenters. The van der Waals surface area contributed by atoms with Crippen molar-refractivity contribution < 1.29 is 18.1 Å². The van der Waals surface area contributed by atoms with Gasteiger partial charge in [0.2, 0.25) is 5.91 Å². The summed E-state index contributed by atoms with van der Waals surface area (Å²) in [4.78, 5) is 23.6. The number of thiophene rings is 1. The molecule has 0 aliphatic carbocycles. The zero-order chi connectivity index (χ0) is 16.4. The maximum atomic E-state index is 12.0. The molecule has 118 valence electrons. The predicted molar refractivity (Wildman–Crippen MR) is 78.2 cm³/mol. The van der Waals surface area contributed by atoms with Crippen molar-refractivity contribution in [1.82, 2.24) is 10.3 Å². The summed E-state index contributed by atoms with van der Waals surface area (Å²) in [6.07, 6.45) is 0.111. The van der Waals surface area contributed by atoms with E-state index in [4.69, 9.17) is 0 Å². The summed E-state index contributed by atoms with van der Waals surface area (Å²) in [6.45, 7) is 7.05. The molecule has 0 unspecified atom stereocenters. The number of rotatable bonds is 5. The number of hydrogen-bond donors (Lipinski definition) is 2. The Morgan fingerprint density at radius 1 is 1.43 bits per heavy atom. The minimum atomic E-state index is -4.18. The first kappa shape index (κ1) is 17.5. The van der Waals surface area contributed by atoms with Crippen LogP contribution in [0.2, 0.25) is 0 Å². The molecule has 0 aromatic carbocycles. The molecule has 0 fully saturated rings. The van der Waals surface area contributed by atoms with E-state index in [9.17, 15) is 23.3 Å². The van der Waals surface area contributed by atoms with Crippen LogP contribution in [0.25, 0.3) is 0 Å². The van der Waals surface area contributed by atoms with Crippen molar-refractivity contribution in [1.29, 1.82) is 0 Å². The van der Waals surface area contributed by atoms with E-state index < -0.39 is 30.8 Å². The van der Waals surface area contributed by atoms with E-state index >= 15 is 0 Å². The van der Waals surface area contributed by atoms with Crippen LogP contribution in [0.15, 0.2) is 11.0 Å². The third-order valence-corrected chi connectivity index (χ3v) is 4.67. The first-order chi connectivity index (χ1) is 9.42. The lowest BCUT2D eigenvalue weighted by molar-refractivity contribution is -0.383. The summed E-state index contributed by atoms with van der Waals surface area (Å²) >= 11 is 0.763. The molecule has 0 aliphatic heterocycles. The van der Waals surface area contributed by atoms with Gasteiger partial charge in [-0.3, -0.25) is 20.3 Å². The van der Waals surface area contributed by atoms with Gasteiger partial charge in [0.1, 0.15) is 0 Å². The summed E-state index contributed by atoms with van der Waals surface area (Å²) in [7, 11) is -4.18. The van der Waals surface area contributed by atoms with Crippen LogP contribution in [-0.4, -0.2) is 19.2 Å². The lowest BCUT2D eigenvalue weighted by atomic mass is 9.92. The van der Waals surface area contributed by atoms with Crippen LogP contribution < -0.4 is 10.3 Å². The molecule has 0 aliphatic rings. The molecule has 1 rings (SSSR count). The second kappa shape index (κ2) is 6.08. The maximum absolute atomic E-state index is 12.0. The SMILES string of the molecule is Cc1cc(S(=O)(=O)NNC(=O)CC(C)(C)C)c([N+](=O)[O-])s1. The quantitative estimate of drug-likeness (QED) is 0.627. The van der Waals surface area contributed by atoms with Crippen LogP contribution in [-0.2, 0) is 14.8 Å². The number of amides is 1. The van der Waals surface area contributed by atoms with Crippen molar-refractivity contribution in [3.63, 3.8) is 0 Å². The summed E-state index contributed by atoms with van der Waals surface area (Å²) in [5.41, 5.74) is 1.75. The van der Waals surface area contributed by atoms with E-state index in [1.54, 1.807) is 6.92 Å². The van der Waals surface area contributed by atoms with Gasteiger partial charge in [-0.25, -0.2) is 8.42 Å². The Balaban J connectivity index is 2.88. The van der Waals surface area contributed by atoms with Crippen LogP contribution in [0.3, 0.4) is 0 Å². The zero-order valence-corrected chi connectivity index (χ0v) is 13.7. The maximum Gasteiger partial charge on any atom is 0.344 e. The van der Waals surface area contributed by atoms with Gasteiger partial charge in [0.05, 0.1) is 4.92 Å². The molecule has 1 amide bonds. The van der Waals surface area contributed by atoms with E-state index in [0.29, 0.717) is 4.88 Å². The van der Waals surface area contributed by atoms with Crippen LogP contribution in [0, 0.1) is 22.5 Å². The van der Waals surface area contributed by atoms with Crippen LogP contribution in [0.1, 0.15) is 32.1 Å². The lowest BCUT2D eigenvalue weighted by Gasteiger charge is -2.17. The Bertz CT molecular complexity index is 658. The van der Waals surface area contributed by atoms with Crippen molar-refractivity contribution in [3.05, 3.63) is 21.1 Å². The molecule has 8 nitrogen and oxygen atoms in total. The number of carbonyl (C=O) groups excluding carboxylic acids is 1. The molecule has 1 heterocycles. The van der Waals surface area contributed by atoms with Gasteiger partial charge in [-0.1, -0.05) is 32.1 Å². The average Bonchev–Trinajstić information content (AvgIpc) is 2.67. The first-order valence-electron chi connectivity index (χ1n) is 5.98. The molecule has 1 aromatic heterocycles. The Morgan fingerprint density at radius 3 is 2.48 bits per heavy atom. The largest absolute Gasteiger partial charge is 0.344 e. The summed E-state index contributed by atoms with van der Waals surface area (Å²) < 4.78 is 24.0. The van der Waals surface area contributed by atoms with E-state index in [2.05, 4.69) is 5.43 Å². The summed E-state index contributed by atoms with van der Waals surface area (Å²) in [5.74, 6) is -0.513. The summed E-state index contributed by atoms with van der Waals surface area (Å²) in [5, 5.41) is 10.4. The third kappa shape index (κ3) is 5.06. The van der Waals surface area contributed by atoms with Gasteiger partial charge in [0.15, 0.2) is 4.90 Å². The number of sulfonamides is 1. The van der Waals surface area contributed by atoms with Crippen molar-refractivity contribution in [2.75, 3.05) is 0 Å². The molecular weight excluding hydrogens is 318 g/mol. The van der Waals surface area contributed by atoms with Crippen LogP contribution >= 0.6 is 11.3 Å². The molecule has 0 spiro atoms.